The second-order valence-corrected chi connectivity index (χ2v) is 7.02. The number of benzene rings is 1. The maximum absolute atomic E-state index is 12.5. The Hall–Kier alpha value is -1.98. The van der Waals surface area contributed by atoms with E-state index in [4.69, 9.17) is 16.0 Å². The molecule has 0 atom stereocenters. The van der Waals surface area contributed by atoms with E-state index in [-0.39, 0.29) is 5.91 Å². The van der Waals surface area contributed by atoms with Crippen molar-refractivity contribution in [1.82, 2.24) is 4.90 Å². The van der Waals surface area contributed by atoms with Crippen LogP contribution in [-0.4, -0.2) is 29.1 Å². The van der Waals surface area contributed by atoms with Crippen molar-refractivity contribution in [2.75, 3.05) is 13.1 Å². The topological polar surface area (TPSA) is 45.8 Å². The molecule has 1 fully saturated rings. The van der Waals surface area contributed by atoms with Crippen LogP contribution >= 0.6 is 23.4 Å². The predicted octanol–water partition coefficient (Wildman–Crippen LogP) is 5.22. The number of nitrogens with zero attached hydrogens (tertiary/aromatic N) is 2. The van der Waals surface area contributed by atoms with Gasteiger partial charge < -0.3 is 4.42 Å². The number of hydrogen-bond acceptors (Lipinski definition) is 4. The zero-order valence-corrected chi connectivity index (χ0v) is 15.9. The van der Waals surface area contributed by atoms with Crippen molar-refractivity contribution in [3.8, 4) is 11.3 Å². The molecule has 1 aliphatic heterocycles. The first kappa shape index (κ1) is 17.8. The normalized spacial score (nSPS) is 17.9. The van der Waals surface area contributed by atoms with E-state index in [9.17, 15) is 4.79 Å². The Morgan fingerprint density at radius 1 is 1.28 bits per heavy atom. The van der Waals surface area contributed by atoms with Gasteiger partial charge in [0.15, 0.2) is 5.17 Å². The summed E-state index contributed by atoms with van der Waals surface area (Å²) in [5.41, 5.74) is 2.03. The van der Waals surface area contributed by atoms with Gasteiger partial charge in [0.05, 0.1) is 4.91 Å². The van der Waals surface area contributed by atoms with Gasteiger partial charge in [-0.25, -0.2) is 0 Å². The maximum Gasteiger partial charge on any atom is 0.266 e. The van der Waals surface area contributed by atoms with Crippen LogP contribution in [0.4, 0.5) is 0 Å². The molecule has 4 nitrogen and oxygen atoms in total. The number of halogens is 1. The highest BCUT2D eigenvalue weighted by Crippen LogP contribution is 2.34. The Balaban J connectivity index is 1.91. The van der Waals surface area contributed by atoms with Crippen LogP contribution in [0.15, 0.2) is 44.6 Å². The third-order valence-electron chi connectivity index (χ3n) is 3.86. The first-order chi connectivity index (χ1) is 12.0. The van der Waals surface area contributed by atoms with Gasteiger partial charge in [-0.1, -0.05) is 17.7 Å². The number of carbonyl (C=O) groups is 1. The van der Waals surface area contributed by atoms with E-state index in [2.05, 4.69) is 4.99 Å². The first-order valence-corrected chi connectivity index (χ1v) is 9.35. The van der Waals surface area contributed by atoms with Crippen LogP contribution in [0.2, 0.25) is 5.02 Å². The van der Waals surface area contributed by atoms with Crippen LogP contribution in [0.1, 0.15) is 25.2 Å². The van der Waals surface area contributed by atoms with Crippen molar-refractivity contribution in [2.24, 2.45) is 4.99 Å². The van der Waals surface area contributed by atoms with Crippen molar-refractivity contribution in [2.45, 2.75) is 20.8 Å². The molecule has 0 spiro atoms. The molecule has 1 aliphatic rings. The number of hydrogen-bond donors (Lipinski definition) is 0. The molecule has 6 heteroatoms. The fourth-order valence-electron chi connectivity index (χ4n) is 2.60. The Morgan fingerprint density at radius 2 is 2.08 bits per heavy atom. The van der Waals surface area contributed by atoms with Gasteiger partial charge in [0, 0.05) is 29.8 Å². The third kappa shape index (κ3) is 3.67. The van der Waals surface area contributed by atoms with E-state index >= 15 is 0 Å². The largest absolute Gasteiger partial charge is 0.457 e. The van der Waals surface area contributed by atoms with Gasteiger partial charge in [-0.05, 0) is 62.4 Å². The Labute approximate surface area is 156 Å². The molecule has 0 aliphatic carbocycles. The number of thioether (sulfide) groups is 1. The minimum atomic E-state index is -0.0309. The number of amides is 1. The van der Waals surface area contributed by atoms with E-state index in [0.29, 0.717) is 28.8 Å². The number of likely N-dealkylation sites (N-methyl/N-ethyl adjacent to an activating group) is 1. The van der Waals surface area contributed by atoms with Gasteiger partial charge >= 0.3 is 0 Å². The smallest absolute Gasteiger partial charge is 0.266 e. The van der Waals surface area contributed by atoms with Crippen LogP contribution in [0.5, 0.6) is 0 Å². The van der Waals surface area contributed by atoms with Crippen LogP contribution < -0.4 is 0 Å². The molecule has 2 aromatic rings. The molecule has 1 saturated heterocycles. The van der Waals surface area contributed by atoms with E-state index in [1.807, 2.05) is 51.1 Å². The minimum absolute atomic E-state index is 0.0309. The van der Waals surface area contributed by atoms with E-state index in [1.165, 1.54) is 11.8 Å². The summed E-state index contributed by atoms with van der Waals surface area (Å²) in [4.78, 5) is 19.2. The fraction of sp³-hybridized carbons (Fsp3) is 0.263. The predicted molar refractivity (Wildman–Crippen MR) is 105 cm³/mol. The summed E-state index contributed by atoms with van der Waals surface area (Å²) < 4.78 is 5.92. The molecule has 1 amide bonds. The molecular weight excluding hydrogens is 356 g/mol. The SMILES string of the molecule is CCN=C1S/C(=C/c2ccc(-c3cc(Cl)ccc3C)o2)C(=O)N1CC. The number of aliphatic imine (C=N–C) groups is 1. The number of furan rings is 1. The zero-order valence-electron chi connectivity index (χ0n) is 14.4. The summed E-state index contributed by atoms with van der Waals surface area (Å²) in [6.45, 7) is 7.17. The molecule has 0 unspecified atom stereocenters. The van der Waals surface area contributed by atoms with E-state index in [1.54, 1.807) is 11.0 Å². The molecule has 0 saturated carbocycles. The fourth-order valence-corrected chi connectivity index (χ4v) is 3.86. The lowest BCUT2D eigenvalue weighted by molar-refractivity contribution is -0.122. The Morgan fingerprint density at radius 3 is 2.80 bits per heavy atom. The summed E-state index contributed by atoms with van der Waals surface area (Å²) in [6, 6.07) is 9.46. The highest BCUT2D eigenvalue weighted by molar-refractivity contribution is 8.18. The quantitative estimate of drug-likeness (QED) is 0.689. The standard InChI is InChI=1S/C19H19ClN2O2S/c1-4-21-19-22(5-2)18(23)17(25-19)11-14-8-9-16(24-14)15-10-13(20)7-6-12(15)3/h6-11H,4-5H2,1-3H3/b17-11+,21-19?. The lowest BCUT2D eigenvalue weighted by atomic mass is 10.1. The summed E-state index contributed by atoms with van der Waals surface area (Å²) in [6.07, 6.45) is 1.78. The van der Waals surface area contributed by atoms with Gasteiger partial charge in [0.25, 0.3) is 5.91 Å². The summed E-state index contributed by atoms with van der Waals surface area (Å²) >= 11 is 7.48. The second kappa shape index (κ2) is 7.50. The van der Waals surface area contributed by atoms with Crippen LogP contribution in [0, 0.1) is 6.92 Å². The molecule has 0 radical (unpaired) electrons. The van der Waals surface area contributed by atoms with Crippen molar-refractivity contribution in [3.05, 3.63) is 51.6 Å². The van der Waals surface area contributed by atoms with E-state index in [0.717, 1.165) is 22.1 Å². The van der Waals surface area contributed by atoms with Gasteiger partial charge in [0.1, 0.15) is 11.5 Å². The summed E-state index contributed by atoms with van der Waals surface area (Å²) in [7, 11) is 0. The molecule has 1 aromatic carbocycles. The minimum Gasteiger partial charge on any atom is -0.457 e. The summed E-state index contributed by atoms with van der Waals surface area (Å²) in [5, 5.41) is 1.41. The molecule has 130 valence electrons. The Kier molecular flexibility index (Phi) is 5.35. The first-order valence-electron chi connectivity index (χ1n) is 8.15. The highest BCUT2D eigenvalue weighted by Gasteiger charge is 2.32. The average molecular weight is 375 g/mol. The number of amidine groups is 1. The van der Waals surface area contributed by atoms with Crippen LogP contribution in [-0.2, 0) is 4.79 Å². The molecule has 2 heterocycles. The van der Waals surface area contributed by atoms with Crippen LogP contribution in [0.25, 0.3) is 17.4 Å². The lowest BCUT2D eigenvalue weighted by Gasteiger charge is -2.11. The maximum atomic E-state index is 12.5. The van der Waals surface area contributed by atoms with Gasteiger partial charge in [-0.2, -0.15) is 0 Å². The van der Waals surface area contributed by atoms with Gasteiger partial charge in [0.2, 0.25) is 0 Å². The molecule has 0 bridgehead atoms. The molecule has 25 heavy (non-hydrogen) atoms. The monoisotopic (exact) mass is 374 g/mol. The van der Waals surface area contributed by atoms with E-state index < -0.39 is 0 Å². The average Bonchev–Trinajstić information content (AvgIpc) is 3.16. The number of rotatable bonds is 4. The van der Waals surface area contributed by atoms with Crippen molar-refractivity contribution in [3.63, 3.8) is 0 Å². The molecule has 0 N–H and O–H groups in total. The molecule has 1 aromatic heterocycles. The Bertz CT molecular complexity index is 870. The zero-order chi connectivity index (χ0) is 18.0. The number of carbonyl (C=O) groups excluding carboxylic acids is 1. The highest BCUT2D eigenvalue weighted by atomic mass is 35.5. The van der Waals surface area contributed by atoms with Gasteiger partial charge in [-0.15, -0.1) is 0 Å². The van der Waals surface area contributed by atoms with Crippen LogP contribution in [0.3, 0.4) is 0 Å². The second-order valence-electron chi connectivity index (χ2n) is 5.58. The van der Waals surface area contributed by atoms with Crippen molar-refractivity contribution in [1.29, 1.82) is 0 Å². The van der Waals surface area contributed by atoms with Gasteiger partial charge in [-0.3, -0.25) is 14.7 Å². The lowest BCUT2D eigenvalue weighted by Crippen LogP contribution is -2.28. The van der Waals surface area contributed by atoms with Crippen molar-refractivity contribution >= 4 is 40.5 Å². The third-order valence-corrected chi connectivity index (χ3v) is 5.14. The number of aryl methyl sites for hydroxylation is 1. The molecular formula is C19H19ClN2O2S. The molecule has 3 rings (SSSR count). The summed E-state index contributed by atoms with van der Waals surface area (Å²) in [5.74, 6) is 1.34. The van der Waals surface area contributed by atoms with Crippen molar-refractivity contribution < 1.29 is 9.21 Å².